The molecule has 0 radical (unpaired) electrons. The molecule has 0 fully saturated rings. The summed E-state index contributed by atoms with van der Waals surface area (Å²) in [7, 11) is 0. The van der Waals surface area contributed by atoms with Gasteiger partial charge in [0, 0.05) is 6.42 Å². The number of allylic oxidation sites excluding steroid dienone is 1. The average molecular weight is 286 g/mol. The van der Waals surface area contributed by atoms with E-state index in [2.05, 4.69) is 4.98 Å². The minimum absolute atomic E-state index is 0.0431. The Bertz CT molecular complexity index is 732. The molecule has 1 aromatic carbocycles. The Morgan fingerprint density at radius 2 is 2.14 bits per heavy atom. The number of para-hydroxylation sites is 2. The van der Waals surface area contributed by atoms with E-state index in [0.29, 0.717) is 6.61 Å². The van der Waals surface area contributed by atoms with E-state index < -0.39 is 5.97 Å². The maximum absolute atomic E-state index is 11.8. The molecule has 0 aliphatic carbocycles. The molecule has 2 aromatic rings. The Morgan fingerprint density at radius 1 is 1.33 bits per heavy atom. The first-order chi connectivity index (χ1) is 10.1. The molecule has 1 unspecified atom stereocenters. The molecule has 108 valence electrons. The van der Waals surface area contributed by atoms with Gasteiger partial charge in [-0.25, -0.2) is 4.98 Å². The van der Waals surface area contributed by atoms with Gasteiger partial charge in [-0.2, -0.15) is 0 Å². The van der Waals surface area contributed by atoms with E-state index in [1.165, 1.54) is 0 Å². The van der Waals surface area contributed by atoms with Crippen LogP contribution in [0.15, 0.2) is 42.4 Å². The third kappa shape index (κ3) is 2.65. The van der Waals surface area contributed by atoms with Crippen molar-refractivity contribution in [2.45, 2.75) is 18.9 Å². The van der Waals surface area contributed by atoms with Crippen LogP contribution in [-0.2, 0) is 14.3 Å². The van der Waals surface area contributed by atoms with E-state index in [1.54, 1.807) is 12.4 Å². The summed E-state index contributed by atoms with van der Waals surface area (Å²) in [6.07, 6.45) is 3.23. The molecule has 0 saturated carbocycles. The van der Waals surface area contributed by atoms with Crippen LogP contribution in [0.1, 0.15) is 18.9 Å². The minimum atomic E-state index is -0.987. The number of benzene rings is 1. The molecule has 0 saturated heterocycles. The van der Waals surface area contributed by atoms with Crippen LogP contribution in [0, 0.1) is 0 Å². The zero-order valence-corrected chi connectivity index (χ0v) is 11.2. The van der Waals surface area contributed by atoms with Crippen LogP contribution in [0.4, 0.5) is 0 Å². The first-order valence-corrected chi connectivity index (χ1v) is 6.66. The molecule has 1 N–H and O–H groups in total. The second-order valence-electron chi connectivity index (χ2n) is 4.87. The lowest BCUT2D eigenvalue weighted by Crippen LogP contribution is -2.07. The lowest BCUT2D eigenvalue weighted by molar-refractivity contribution is -0.138. The summed E-state index contributed by atoms with van der Waals surface area (Å²) in [5, 5.41) is 8.60. The van der Waals surface area contributed by atoms with Gasteiger partial charge in [0.1, 0.15) is 6.61 Å². The Hall–Kier alpha value is -2.63. The maximum Gasteiger partial charge on any atom is 0.303 e. The third-order valence-electron chi connectivity index (χ3n) is 3.43. The van der Waals surface area contributed by atoms with Crippen LogP contribution < -0.4 is 0 Å². The van der Waals surface area contributed by atoms with Crippen molar-refractivity contribution in [2.75, 3.05) is 6.61 Å². The number of Topliss-reactive ketones (excluding diaryl/α,β-unsaturated/α-hetero) is 1. The van der Waals surface area contributed by atoms with Crippen LogP contribution in [-0.4, -0.2) is 33.0 Å². The van der Waals surface area contributed by atoms with Gasteiger partial charge in [-0.1, -0.05) is 12.1 Å². The van der Waals surface area contributed by atoms with Crippen molar-refractivity contribution in [3.8, 4) is 0 Å². The largest absolute Gasteiger partial charge is 0.488 e. The number of aliphatic carboxylic acids is 1. The van der Waals surface area contributed by atoms with E-state index in [9.17, 15) is 9.59 Å². The summed E-state index contributed by atoms with van der Waals surface area (Å²) in [6, 6.07) is 7.63. The quantitative estimate of drug-likeness (QED) is 0.908. The van der Waals surface area contributed by atoms with Crippen LogP contribution in [0.5, 0.6) is 0 Å². The van der Waals surface area contributed by atoms with Gasteiger partial charge in [0.2, 0.25) is 0 Å². The zero-order valence-electron chi connectivity index (χ0n) is 11.2. The maximum atomic E-state index is 11.8. The number of ketones is 1. The minimum Gasteiger partial charge on any atom is -0.488 e. The van der Waals surface area contributed by atoms with E-state index in [1.807, 2.05) is 28.8 Å². The number of nitrogens with zero attached hydrogens (tertiary/aromatic N) is 2. The first kappa shape index (κ1) is 13.4. The number of imidazole rings is 1. The number of carboxylic acids is 1. The molecule has 0 amide bonds. The molecule has 1 aliphatic heterocycles. The Morgan fingerprint density at radius 3 is 2.95 bits per heavy atom. The Labute approximate surface area is 120 Å². The number of hydrogen-bond acceptors (Lipinski definition) is 4. The van der Waals surface area contributed by atoms with Crippen molar-refractivity contribution in [2.24, 2.45) is 0 Å². The molecule has 3 rings (SSSR count). The van der Waals surface area contributed by atoms with E-state index >= 15 is 0 Å². The van der Waals surface area contributed by atoms with Gasteiger partial charge < -0.3 is 14.4 Å². The molecule has 0 spiro atoms. The van der Waals surface area contributed by atoms with Gasteiger partial charge in [-0.3, -0.25) is 9.59 Å². The van der Waals surface area contributed by atoms with Crippen LogP contribution in [0.3, 0.4) is 0 Å². The Balaban J connectivity index is 1.79. The smallest absolute Gasteiger partial charge is 0.303 e. The standard InChI is InChI=1S/C15H14N2O4/c18-13(5-6-15(19)20)14-7-10(8-21-14)17-9-16-11-3-1-2-4-12(11)17/h1-4,7,9-10H,5-6,8H2,(H,19,20). The van der Waals surface area contributed by atoms with Gasteiger partial charge in [0.15, 0.2) is 11.5 Å². The second-order valence-corrected chi connectivity index (χ2v) is 4.87. The molecule has 0 bridgehead atoms. The van der Waals surface area contributed by atoms with E-state index in [-0.39, 0.29) is 30.4 Å². The lowest BCUT2D eigenvalue weighted by atomic mass is 10.1. The molecule has 1 aromatic heterocycles. The summed E-state index contributed by atoms with van der Waals surface area (Å²) in [5.74, 6) is -1.01. The molecular formula is C15H14N2O4. The number of rotatable bonds is 5. The number of aromatic nitrogens is 2. The number of ether oxygens (including phenoxy) is 1. The number of carbonyl (C=O) groups excluding carboxylic acids is 1. The van der Waals surface area contributed by atoms with Crippen molar-refractivity contribution in [1.82, 2.24) is 9.55 Å². The fraction of sp³-hybridized carbons (Fsp3) is 0.267. The van der Waals surface area contributed by atoms with Crippen LogP contribution in [0.2, 0.25) is 0 Å². The summed E-state index contributed by atoms with van der Waals surface area (Å²) >= 11 is 0. The molecule has 6 heteroatoms. The topological polar surface area (TPSA) is 81.4 Å². The highest BCUT2D eigenvalue weighted by atomic mass is 16.5. The summed E-state index contributed by atoms with van der Waals surface area (Å²) in [5.41, 5.74) is 1.86. The van der Waals surface area contributed by atoms with E-state index in [0.717, 1.165) is 11.0 Å². The molecule has 1 aliphatic rings. The SMILES string of the molecule is O=C(O)CCC(=O)C1=CC(n2cnc3ccccc32)CO1. The van der Waals surface area contributed by atoms with Gasteiger partial charge in [-0.05, 0) is 18.2 Å². The van der Waals surface area contributed by atoms with Crippen molar-refractivity contribution in [3.63, 3.8) is 0 Å². The molecule has 2 heterocycles. The van der Waals surface area contributed by atoms with Gasteiger partial charge in [0.25, 0.3) is 0 Å². The summed E-state index contributed by atoms with van der Waals surface area (Å²) in [4.78, 5) is 26.6. The predicted molar refractivity (Wildman–Crippen MR) is 74.7 cm³/mol. The normalized spacial score (nSPS) is 17.5. The van der Waals surface area contributed by atoms with Crippen molar-refractivity contribution >= 4 is 22.8 Å². The fourth-order valence-corrected chi connectivity index (χ4v) is 2.37. The molecule has 1 atom stereocenters. The first-order valence-electron chi connectivity index (χ1n) is 6.66. The summed E-state index contributed by atoms with van der Waals surface area (Å²) < 4.78 is 7.35. The number of carboxylic acid groups (broad SMARTS) is 1. The Kier molecular flexibility index (Phi) is 3.43. The van der Waals surface area contributed by atoms with Crippen molar-refractivity contribution in [3.05, 3.63) is 42.4 Å². The lowest BCUT2D eigenvalue weighted by Gasteiger charge is -2.08. The van der Waals surface area contributed by atoms with Gasteiger partial charge >= 0.3 is 5.97 Å². The number of fused-ring (bicyclic) bond motifs is 1. The average Bonchev–Trinajstić information content (AvgIpc) is 3.10. The number of carbonyl (C=O) groups is 2. The van der Waals surface area contributed by atoms with Gasteiger partial charge in [-0.15, -0.1) is 0 Å². The van der Waals surface area contributed by atoms with Crippen LogP contribution >= 0.6 is 0 Å². The van der Waals surface area contributed by atoms with E-state index in [4.69, 9.17) is 9.84 Å². The monoisotopic (exact) mass is 286 g/mol. The highest BCUT2D eigenvalue weighted by Crippen LogP contribution is 2.26. The van der Waals surface area contributed by atoms with Crippen molar-refractivity contribution < 1.29 is 19.4 Å². The van der Waals surface area contributed by atoms with Crippen molar-refractivity contribution in [1.29, 1.82) is 0 Å². The fourth-order valence-electron chi connectivity index (χ4n) is 2.37. The van der Waals surface area contributed by atoms with Crippen LogP contribution in [0.25, 0.3) is 11.0 Å². The number of hydrogen-bond donors (Lipinski definition) is 1. The van der Waals surface area contributed by atoms with Gasteiger partial charge in [0.05, 0.1) is 29.8 Å². The molecular weight excluding hydrogens is 272 g/mol. The zero-order chi connectivity index (χ0) is 14.8. The third-order valence-corrected chi connectivity index (χ3v) is 3.43. The predicted octanol–water partition coefficient (Wildman–Crippen LogP) is 1.93. The highest BCUT2D eigenvalue weighted by Gasteiger charge is 2.24. The molecule has 21 heavy (non-hydrogen) atoms. The second kappa shape index (κ2) is 5.40. The molecule has 6 nitrogen and oxygen atoms in total. The summed E-state index contributed by atoms with van der Waals surface area (Å²) in [6.45, 7) is 0.356. The highest BCUT2D eigenvalue weighted by molar-refractivity contribution is 5.95.